The summed E-state index contributed by atoms with van der Waals surface area (Å²) in [4.78, 5) is 27.4. The van der Waals surface area contributed by atoms with Crippen LogP contribution in [0.3, 0.4) is 0 Å². The first-order chi connectivity index (χ1) is 10.1. The number of aryl methyl sites for hydroxylation is 1. The van der Waals surface area contributed by atoms with Gasteiger partial charge in [0.15, 0.2) is 0 Å². The van der Waals surface area contributed by atoms with E-state index in [1.165, 1.54) is 0 Å². The largest absolute Gasteiger partial charge is 0.481 e. The van der Waals surface area contributed by atoms with Crippen LogP contribution < -0.4 is 5.32 Å². The molecule has 0 bridgehead atoms. The van der Waals surface area contributed by atoms with E-state index in [9.17, 15) is 14.7 Å². The first kappa shape index (κ1) is 15.5. The number of amides is 1. The Morgan fingerprint density at radius 1 is 1.52 bits per heavy atom. The number of ether oxygens (including phenoxy) is 1. The van der Waals surface area contributed by atoms with Gasteiger partial charge in [0.25, 0.3) is 5.91 Å². The molecule has 7 heteroatoms. The lowest BCUT2D eigenvalue weighted by atomic mass is 9.86. The zero-order chi connectivity index (χ0) is 15.2. The van der Waals surface area contributed by atoms with Gasteiger partial charge in [0.1, 0.15) is 5.69 Å². The van der Waals surface area contributed by atoms with Crippen LogP contribution in [0.4, 0.5) is 0 Å². The summed E-state index contributed by atoms with van der Waals surface area (Å²) >= 11 is 0. The lowest BCUT2D eigenvalue weighted by Gasteiger charge is -2.27. The van der Waals surface area contributed by atoms with Crippen molar-refractivity contribution in [3.8, 4) is 0 Å². The summed E-state index contributed by atoms with van der Waals surface area (Å²) in [6, 6.07) is 0. The minimum atomic E-state index is -0.874. The molecule has 1 aromatic rings. The summed E-state index contributed by atoms with van der Waals surface area (Å²) in [6.07, 6.45) is 4.68. The number of carboxylic acid groups (broad SMARTS) is 1. The Bertz CT molecular complexity index is 494. The predicted octanol–water partition coefficient (Wildman–Crippen LogP) is 0.760. The maximum Gasteiger partial charge on any atom is 0.308 e. The zero-order valence-electron chi connectivity index (χ0n) is 12.1. The number of hydrogen-bond donors (Lipinski definition) is 2. The number of carbonyl (C=O) groups excluding carboxylic acids is 1. The Hall–Kier alpha value is -1.89. The molecule has 0 spiro atoms. The summed E-state index contributed by atoms with van der Waals surface area (Å²) in [5, 5.41) is 12.0. The SMILES string of the molecule is CCn1cnc(C(=O)NCC(C(=O)O)C2CCOCC2)c1. The minimum Gasteiger partial charge on any atom is -0.481 e. The topological polar surface area (TPSA) is 93.5 Å². The lowest BCUT2D eigenvalue weighted by Crippen LogP contribution is -2.39. The number of nitrogens with zero attached hydrogens (tertiary/aromatic N) is 2. The highest BCUT2D eigenvalue weighted by Crippen LogP contribution is 2.23. The number of hydrogen-bond acceptors (Lipinski definition) is 4. The van der Waals surface area contributed by atoms with Crippen LogP contribution >= 0.6 is 0 Å². The van der Waals surface area contributed by atoms with Crippen molar-refractivity contribution in [2.75, 3.05) is 19.8 Å². The van der Waals surface area contributed by atoms with Crippen molar-refractivity contribution in [2.24, 2.45) is 11.8 Å². The van der Waals surface area contributed by atoms with E-state index in [4.69, 9.17) is 4.74 Å². The van der Waals surface area contributed by atoms with Crippen LogP contribution in [-0.4, -0.2) is 46.3 Å². The second-order valence-electron chi connectivity index (χ2n) is 5.19. The van der Waals surface area contributed by atoms with Crippen molar-refractivity contribution in [3.63, 3.8) is 0 Å². The second kappa shape index (κ2) is 7.21. The molecule has 2 heterocycles. The Balaban J connectivity index is 1.91. The maximum absolute atomic E-state index is 12.0. The Kier molecular flexibility index (Phi) is 5.32. The molecule has 1 unspecified atom stereocenters. The fourth-order valence-corrected chi connectivity index (χ4v) is 2.52. The third-order valence-electron chi connectivity index (χ3n) is 3.87. The maximum atomic E-state index is 12.0. The van der Waals surface area contributed by atoms with Gasteiger partial charge in [-0.25, -0.2) is 4.98 Å². The van der Waals surface area contributed by atoms with E-state index in [-0.39, 0.29) is 18.4 Å². The molecule has 116 valence electrons. The van der Waals surface area contributed by atoms with Gasteiger partial charge in [-0.2, -0.15) is 0 Å². The second-order valence-corrected chi connectivity index (χ2v) is 5.19. The summed E-state index contributed by atoms with van der Waals surface area (Å²) in [6.45, 7) is 3.99. The zero-order valence-corrected chi connectivity index (χ0v) is 12.1. The molecular formula is C14H21N3O4. The van der Waals surface area contributed by atoms with Gasteiger partial charge in [0, 0.05) is 32.5 Å². The molecule has 1 fully saturated rings. The van der Waals surface area contributed by atoms with E-state index in [1.54, 1.807) is 17.1 Å². The van der Waals surface area contributed by atoms with E-state index >= 15 is 0 Å². The first-order valence-electron chi connectivity index (χ1n) is 7.22. The molecule has 7 nitrogen and oxygen atoms in total. The van der Waals surface area contributed by atoms with E-state index in [1.807, 2.05) is 6.92 Å². The van der Waals surface area contributed by atoms with Crippen LogP contribution in [0.25, 0.3) is 0 Å². The number of rotatable bonds is 6. The van der Waals surface area contributed by atoms with Crippen LogP contribution in [0.2, 0.25) is 0 Å². The van der Waals surface area contributed by atoms with Gasteiger partial charge >= 0.3 is 5.97 Å². The highest BCUT2D eigenvalue weighted by atomic mass is 16.5. The fourth-order valence-electron chi connectivity index (χ4n) is 2.52. The van der Waals surface area contributed by atoms with Crippen LogP contribution in [0, 0.1) is 11.8 Å². The van der Waals surface area contributed by atoms with Crippen molar-refractivity contribution in [1.82, 2.24) is 14.9 Å². The lowest BCUT2D eigenvalue weighted by molar-refractivity contribution is -0.144. The molecule has 0 aromatic carbocycles. The molecule has 0 radical (unpaired) electrons. The van der Waals surface area contributed by atoms with Gasteiger partial charge in [-0.15, -0.1) is 0 Å². The summed E-state index contributed by atoms with van der Waals surface area (Å²) in [5.41, 5.74) is 0.313. The highest BCUT2D eigenvalue weighted by molar-refractivity contribution is 5.92. The molecule has 1 atom stereocenters. The fraction of sp³-hybridized carbons (Fsp3) is 0.643. The average molecular weight is 295 g/mol. The first-order valence-corrected chi connectivity index (χ1v) is 7.22. The number of carboxylic acids is 1. The van der Waals surface area contributed by atoms with Crippen molar-refractivity contribution < 1.29 is 19.4 Å². The van der Waals surface area contributed by atoms with Crippen molar-refractivity contribution in [1.29, 1.82) is 0 Å². The van der Waals surface area contributed by atoms with Gasteiger partial charge < -0.3 is 19.7 Å². The molecule has 0 saturated carbocycles. The van der Waals surface area contributed by atoms with Gasteiger partial charge in [0.2, 0.25) is 0 Å². The van der Waals surface area contributed by atoms with E-state index in [0.717, 1.165) is 19.4 Å². The van der Waals surface area contributed by atoms with Gasteiger partial charge in [-0.1, -0.05) is 0 Å². The third kappa shape index (κ3) is 4.04. The number of carbonyl (C=O) groups is 2. The molecule has 1 amide bonds. The van der Waals surface area contributed by atoms with Gasteiger partial charge in [-0.3, -0.25) is 9.59 Å². The van der Waals surface area contributed by atoms with Crippen LogP contribution in [0.5, 0.6) is 0 Å². The summed E-state index contributed by atoms with van der Waals surface area (Å²) in [5.74, 6) is -1.74. The highest BCUT2D eigenvalue weighted by Gasteiger charge is 2.30. The van der Waals surface area contributed by atoms with E-state index < -0.39 is 11.9 Å². The van der Waals surface area contributed by atoms with Gasteiger partial charge in [-0.05, 0) is 25.7 Å². The van der Waals surface area contributed by atoms with Crippen molar-refractivity contribution in [3.05, 3.63) is 18.2 Å². The van der Waals surface area contributed by atoms with Crippen molar-refractivity contribution in [2.45, 2.75) is 26.3 Å². The summed E-state index contributed by atoms with van der Waals surface area (Å²) in [7, 11) is 0. The normalized spacial score (nSPS) is 17.4. The molecular weight excluding hydrogens is 274 g/mol. The Labute approximate surface area is 123 Å². The molecule has 2 rings (SSSR count). The summed E-state index contributed by atoms with van der Waals surface area (Å²) < 4.78 is 7.04. The van der Waals surface area contributed by atoms with Crippen molar-refractivity contribution >= 4 is 11.9 Å². The monoisotopic (exact) mass is 295 g/mol. The van der Waals surface area contributed by atoms with Gasteiger partial charge in [0.05, 0.1) is 12.2 Å². The molecule has 2 N–H and O–H groups in total. The number of aromatic nitrogens is 2. The number of nitrogens with one attached hydrogen (secondary N) is 1. The molecule has 1 saturated heterocycles. The molecule has 21 heavy (non-hydrogen) atoms. The van der Waals surface area contributed by atoms with E-state index in [2.05, 4.69) is 10.3 Å². The van der Waals surface area contributed by atoms with Crippen LogP contribution in [-0.2, 0) is 16.1 Å². The minimum absolute atomic E-state index is 0.0461. The Morgan fingerprint density at radius 2 is 2.24 bits per heavy atom. The standard InChI is InChI=1S/C14H21N3O4/c1-2-17-8-12(16-9-17)13(18)15-7-11(14(19)20)10-3-5-21-6-4-10/h8-11H,2-7H2,1H3,(H,15,18)(H,19,20). The molecule has 1 aliphatic heterocycles. The average Bonchev–Trinajstić information content (AvgIpc) is 2.97. The molecule has 0 aliphatic carbocycles. The molecule has 1 aromatic heterocycles. The number of aliphatic carboxylic acids is 1. The quantitative estimate of drug-likeness (QED) is 0.808. The van der Waals surface area contributed by atoms with Crippen LogP contribution in [0.1, 0.15) is 30.3 Å². The third-order valence-corrected chi connectivity index (χ3v) is 3.87. The smallest absolute Gasteiger partial charge is 0.308 e. The van der Waals surface area contributed by atoms with E-state index in [0.29, 0.717) is 18.9 Å². The predicted molar refractivity (Wildman–Crippen MR) is 74.9 cm³/mol. The number of imidazole rings is 1. The van der Waals surface area contributed by atoms with Crippen LogP contribution in [0.15, 0.2) is 12.5 Å². The molecule has 1 aliphatic rings. The Morgan fingerprint density at radius 3 is 2.81 bits per heavy atom.